The van der Waals surface area contributed by atoms with Gasteiger partial charge >= 0.3 is 0 Å². The molecular weight excluding hydrogens is 397 g/mol. The Morgan fingerprint density at radius 2 is 1.89 bits per heavy atom. The average molecular weight is 420 g/mol. The topological polar surface area (TPSA) is 46.1 Å². The van der Waals surface area contributed by atoms with E-state index >= 15 is 0 Å². The smallest absolute Gasteiger partial charge is 0.159 e. The fraction of sp³-hybridized carbons (Fsp3) is 0.381. The van der Waals surface area contributed by atoms with Gasteiger partial charge in [0.2, 0.25) is 0 Å². The first-order chi connectivity index (χ1) is 13.6. The fourth-order valence-electron chi connectivity index (χ4n) is 4.11. The Hall–Kier alpha value is -1.95. The summed E-state index contributed by atoms with van der Waals surface area (Å²) < 4.78 is 10.9. The van der Waals surface area contributed by atoms with E-state index in [1.807, 2.05) is 12.1 Å². The first-order valence-electron chi connectivity index (χ1n) is 9.30. The molecule has 0 saturated carbocycles. The molecule has 0 bridgehead atoms. The highest BCUT2D eigenvalue weighted by molar-refractivity contribution is 6.38. The first kappa shape index (κ1) is 19.4. The minimum atomic E-state index is -0.0376. The number of fused-ring (bicyclic) bond motifs is 1. The van der Waals surface area contributed by atoms with E-state index in [4.69, 9.17) is 32.7 Å². The third kappa shape index (κ3) is 3.54. The third-order valence-electron chi connectivity index (χ3n) is 5.47. The summed E-state index contributed by atoms with van der Waals surface area (Å²) in [5, 5.41) is 5.46. The number of ether oxygens (including phenoxy) is 2. The molecule has 0 radical (unpaired) electrons. The molecule has 2 aliphatic heterocycles. The molecular formula is C21H23Cl2N3O2. The van der Waals surface area contributed by atoms with Crippen molar-refractivity contribution in [2.45, 2.75) is 19.0 Å². The van der Waals surface area contributed by atoms with E-state index in [9.17, 15) is 0 Å². The first-order valence-corrected chi connectivity index (χ1v) is 10.1. The Balaban J connectivity index is 1.60. The van der Waals surface area contributed by atoms with Crippen molar-refractivity contribution >= 4 is 28.9 Å². The minimum absolute atomic E-state index is 0.0376. The Morgan fingerprint density at radius 3 is 2.61 bits per heavy atom. The number of piperidine rings is 1. The molecule has 0 aliphatic carbocycles. The molecule has 2 atom stereocenters. The number of hydrogen-bond donors (Lipinski definition) is 1. The van der Waals surface area contributed by atoms with E-state index in [0.717, 1.165) is 31.6 Å². The lowest BCUT2D eigenvalue weighted by Gasteiger charge is -2.34. The van der Waals surface area contributed by atoms with Crippen LogP contribution in [0.5, 0.6) is 11.5 Å². The van der Waals surface area contributed by atoms with Crippen molar-refractivity contribution in [1.29, 1.82) is 0 Å². The molecule has 148 valence electrons. The molecule has 4 rings (SSSR count). The van der Waals surface area contributed by atoms with Crippen molar-refractivity contribution in [3.63, 3.8) is 0 Å². The molecule has 2 unspecified atom stereocenters. The van der Waals surface area contributed by atoms with Crippen molar-refractivity contribution in [3.05, 3.63) is 57.6 Å². The van der Waals surface area contributed by atoms with Crippen LogP contribution in [0, 0.1) is 5.92 Å². The van der Waals surface area contributed by atoms with E-state index in [2.05, 4.69) is 39.7 Å². The van der Waals surface area contributed by atoms with Gasteiger partial charge in [-0.25, -0.2) is 0 Å². The number of rotatable bonds is 5. The molecule has 5 nitrogen and oxygen atoms in total. The summed E-state index contributed by atoms with van der Waals surface area (Å²) in [4.78, 5) is 2.47. The second-order valence-corrected chi connectivity index (χ2v) is 7.90. The van der Waals surface area contributed by atoms with Crippen LogP contribution in [0.2, 0.25) is 10.0 Å². The van der Waals surface area contributed by atoms with Gasteiger partial charge in [-0.1, -0.05) is 53.5 Å². The predicted octanol–water partition coefficient (Wildman–Crippen LogP) is 4.53. The summed E-state index contributed by atoms with van der Waals surface area (Å²) in [5.41, 5.74) is 6.71. The molecule has 2 heterocycles. The summed E-state index contributed by atoms with van der Waals surface area (Å²) in [6.45, 7) is 2.84. The van der Waals surface area contributed by atoms with Gasteiger partial charge in [0.1, 0.15) is 10.8 Å². The minimum Gasteiger partial charge on any atom is -0.495 e. The summed E-state index contributed by atoms with van der Waals surface area (Å²) in [5.74, 6) is 1.25. The van der Waals surface area contributed by atoms with Crippen molar-refractivity contribution in [2.75, 3.05) is 27.3 Å². The lowest BCUT2D eigenvalue weighted by Crippen LogP contribution is -2.41. The number of hydrazone groups is 1. The van der Waals surface area contributed by atoms with Crippen LogP contribution in [0.3, 0.4) is 0 Å². The fourth-order valence-corrected chi connectivity index (χ4v) is 4.81. The van der Waals surface area contributed by atoms with Gasteiger partial charge in [-0.15, -0.1) is 0 Å². The van der Waals surface area contributed by atoms with Crippen molar-refractivity contribution in [3.8, 4) is 11.5 Å². The van der Waals surface area contributed by atoms with Gasteiger partial charge in [0.15, 0.2) is 5.75 Å². The van der Waals surface area contributed by atoms with Gasteiger partial charge < -0.3 is 14.9 Å². The highest BCUT2D eigenvalue weighted by Crippen LogP contribution is 2.47. The lowest BCUT2D eigenvalue weighted by atomic mass is 9.86. The molecule has 28 heavy (non-hydrogen) atoms. The number of hydrogen-bond acceptors (Lipinski definition) is 5. The van der Waals surface area contributed by atoms with E-state index in [1.54, 1.807) is 14.2 Å². The number of nitrogens with one attached hydrogen (secondary N) is 1. The predicted molar refractivity (Wildman–Crippen MR) is 113 cm³/mol. The van der Waals surface area contributed by atoms with Gasteiger partial charge in [0.25, 0.3) is 0 Å². The Bertz CT molecular complexity index is 889. The van der Waals surface area contributed by atoms with Crippen LogP contribution in [0.1, 0.15) is 23.6 Å². The molecule has 1 fully saturated rings. The largest absolute Gasteiger partial charge is 0.495 e. The highest BCUT2D eigenvalue weighted by Gasteiger charge is 2.39. The van der Waals surface area contributed by atoms with Crippen LogP contribution in [0.4, 0.5) is 0 Å². The van der Waals surface area contributed by atoms with Crippen molar-refractivity contribution in [2.24, 2.45) is 11.0 Å². The van der Waals surface area contributed by atoms with Crippen LogP contribution in [0.25, 0.3) is 0 Å². The standard InChI is InChI=1S/C21H23Cl2N3O2/c1-27-20-14(10-16(22)21(28-2)18(20)23)19-15-12-26(9-8-17(15)24-25-19)11-13-6-4-3-5-7-13/h3-7,10,15,19,25H,8-9,11-12H2,1-2H3. The van der Waals surface area contributed by atoms with Gasteiger partial charge in [0.05, 0.1) is 25.3 Å². The van der Waals surface area contributed by atoms with Crippen LogP contribution in [-0.2, 0) is 6.54 Å². The summed E-state index contributed by atoms with van der Waals surface area (Å²) in [6, 6.07) is 12.4. The van der Waals surface area contributed by atoms with E-state index in [1.165, 1.54) is 11.3 Å². The van der Waals surface area contributed by atoms with Gasteiger partial charge in [-0.3, -0.25) is 4.90 Å². The zero-order valence-corrected chi connectivity index (χ0v) is 17.4. The quantitative estimate of drug-likeness (QED) is 0.772. The molecule has 1 N–H and O–H groups in total. The average Bonchev–Trinajstić information content (AvgIpc) is 3.12. The maximum absolute atomic E-state index is 6.50. The number of likely N-dealkylation sites (tertiary alicyclic amines) is 1. The van der Waals surface area contributed by atoms with Crippen LogP contribution in [-0.4, -0.2) is 37.9 Å². The molecule has 2 aromatic carbocycles. The van der Waals surface area contributed by atoms with Crippen LogP contribution < -0.4 is 14.9 Å². The summed E-state index contributed by atoms with van der Waals surface area (Å²) >= 11 is 12.9. The monoisotopic (exact) mass is 419 g/mol. The number of benzene rings is 2. The Morgan fingerprint density at radius 1 is 1.14 bits per heavy atom. The maximum Gasteiger partial charge on any atom is 0.159 e. The van der Waals surface area contributed by atoms with E-state index in [0.29, 0.717) is 21.5 Å². The summed E-state index contributed by atoms with van der Waals surface area (Å²) in [7, 11) is 3.15. The molecule has 2 aromatic rings. The zero-order valence-electron chi connectivity index (χ0n) is 15.9. The Labute approximate surface area is 175 Å². The lowest BCUT2D eigenvalue weighted by molar-refractivity contribution is 0.219. The number of methoxy groups -OCH3 is 2. The number of halogens is 2. The molecule has 2 aliphatic rings. The highest BCUT2D eigenvalue weighted by atomic mass is 35.5. The summed E-state index contributed by atoms with van der Waals surface area (Å²) in [6.07, 6.45) is 0.945. The molecule has 1 saturated heterocycles. The van der Waals surface area contributed by atoms with Crippen LogP contribution >= 0.6 is 23.2 Å². The SMILES string of the molecule is COc1c(Cl)cc(C2NN=C3CCN(Cc4ccccc4)CC32)c(OC)c1Cl. The maximum atomic E-state index is 6.50. The normalized spacial score (nSPS) is 21.6. The van der Waals surface area contributed by atoms with Crippen molar-refractivity contribution in [1.82, 2.24) is 10.3 Å². The molecule has 0 amide bonds. The second kappa shape index (κ2) is 8.19. The van der Waals surface area contributed by atoms with Crippen LogP contribution in [0.15, 0.2) is 41.5 Å². The van der Waals surface area contributed by atoms with Crippen molar-refractivity contribution < 1.29 is 9.47 Å². The van der Waals surface area contributed by atoms with E-state index < -0.39 is 0 Å². The van der Waals surface area contributed by atoms with Gasteiger partial charge in [-0.05, 0) is 11.6 Å². The zero-order chi connectivity index (χ0) is 19.7. The van der Waals surface area contributed by atoms with Gasteiger partial charge in [0, 0.05) is 43.2 Å². The van der Waals surface area contributed by atoms with E-state index in [-0.39, 0.29) is 12.0 Å². The molecule has 0 spiro atoms. The number of nitrogens with zero attached hydrogens (tertiary/aromatic N) is 2. The second-order valence-electron chi connectivity index (χ2n) is 7.12. The molecule has 7 heteroatoms. The third-order valence-corrected chi connectivity index (χ3v) is 6.09. The molecule has 0 aromatic heterocycles. The van der Waals surface area contributed by atoms with Gasteiger partial charge in [-0.2, -0.15) is 5.10 Å². The Kier molecular flexibility index (Phi) is 5.67.